The summed E-state index contributed by atoms with van der Waals surface area (Å²) in [5, 5.41) is 2.98. The van der Waals surface area contributed by atoms with Crippen LogP contribution in [-0.4, -0.2) is 44.2 Å². The molecule has 0 fully saturated rings. The van der Waals surface area contributed by atoms with Crippen molar-refractivity contribution in [3.63, 3.8) is 0 Å². The largest absolute Gasteiger partial charge is 0.377 e. The van der Waals surface area contributed by atoms with Crippen LogP contribution in [0.3, 0.4) is 0 Å². The summed E-state index contributed by atoms with van der Waals surface area (Å²) < 4.78 is 5.33. The molecule has 0 aliphatic rings. The van der Waals surface area contributed by atoms with Crippen molar-refractivity contribution in [3.8, 4) is 0 Å². The first-order valence-corrected chi connectivity index (χ1v) is 6.83. The minimum atomic E-state index is -0.363. The zero-order chi connectivity index (χ0) is 15.3. The molecule has 0 bridgehead atoms. The number of carbonyl (C=O) groups is 1. The van der Waals surface area contributed by atoms with E-state index in [0.717, 1.165) is 11.1 Å². The predicted molar refractivity (Wildman–Crippen MR) is 81.7 cm³/mol. The molecule has 0 spiro atoms. The lowest BCUT2D eigenvalue weighted by Gasteiger charge is -2.28. The minimum Gasteiger partial charge on any atom is -0.377 e. The van der Waals surface area contributed by atoms with Gasteiger partial charge in [-0.15, -0.1) is 0 Å². The van der Waals surface area contributed by atoms with E-state index >= 15 is 0 Å². The Balaban J connectivity index is 2.88. The molecule has 1 aromatic carbocycles. The molecule has 4 heteroatoms. The maximum Gasteiger partial charge on any atom is 0.242 e. The van der Waals surface area contributed by atoms with Crippen LogP contribution >= 0.6 is 0 Å². The molecule has 0 saturated carbocycles. The van der Waals surface area contributed by atoms with E-state index in [1.807, 2.05) is 64.0 Å². The standard InChI is InChI=1S/C16H26N2O2/c1-12-9-7-8-10-13(12)14(18(4)5)15(19)17-11-16(2,3)20-6/h7-10,14H,11H2,1-6H3,(H,17,19)/t14-/m0/s1. The molecule has 4 nitrogen and oxygen atoms in total. The van der Waals surface area contributed by atoms with Crippen LogP contribution in [-0.2, 0) is 9.53 Å². The zero-order valence-corrected chi connectivity index (χ0v) is 13.4. The molecule has 0 unspecified atom stereocenters. The van der Waals surface area contributed by atoms with Crippen LogP contribution in [0.5, 0.6) is 0 Å². The Morgan fingerprint density at radius 1 is 1.35 bits per heavy atom. The second-order valence-electron chi connectivity index (χ2n) is 5.90. The van der Waals surface area contributed by atoms with Crippen molar-refractivity contribution in [3.05, 3.63) is 35.4 Å². The van der Waals surface area contributed by atoms with Gasteiger partial charge in [-0.3, -0.25) is 9.69 Å². The normalized spacial score (nSPS) is 13.3. The molecule has 1 rings (SSSR count). The summed E-state index contributed by atoms with van der Waals surface area (Å²) in [6, 6.07) is 7.69. The van der Waals surface area contributed by atoms with Gasteiger partial charge in [0.15, 0.2) is 0 Å². The number of carbonyl (C=O) groups excluding carboxylic acids is 1. The van der Waals surface area contributed by atoms with Crippen LogP contribution < -0.4 is 5.32 Å². The maximum atomic E-state index is 12.5. The second-order valence-corrected chi connectivity index (χ2v) is 5.90. The predicted octanol–water partition coefficient (Wildman–Crippen LogP) is 2.14. The van der Waals surface area contributed by atoms with Crippen molar-refractivity contribution in [2.75, 3.05) is 27.7 Å². The van der Waals surface area contributed by atoms with Gasteiger partial charge >= 0.3 is 0 Å². The van der Waals surface area contributed by atoms with Crippen LogP contribution in [0.25, 0.3) is 0 Å². The molecular formula is C16H26N2O2. The van der Waals surface area contributed by atoms with Crippen molar-refractivity contribution in [2.45, 2.75) is 32.4 Å². The number of ether oxygens (including phenoxy) is 1. The highest BCUT2D eigenvalue weighted by molar-refractivity contribution is 5.83. The fourth-order valence-corrected chi connectivity index (χ4v) is 2.02. The van der Waals surface area contributed by atoms with E-state index < -0.39 is 0 Å². The summed E-state index contributed by atoms with van der Waals surface area (Å²) in [5.74, 6) is -0.00516. The quantitative estimate of drug-likeness (QED) is 0.867. The minimum absolute atomic E-state index is 0.00516. The topological polar surface area (TPSA) is 41.6 Å². The number of likely N-dealkylation sites (N-methyl/N-ethyl adjacent to an activating group) is 1. The number of rotatable bonds is 6. The molecule has 112 valence electrons. The van der Waals surface area contributed by atoms with Gasteiger partial charge in [0, 0.05) is 13.7 Å². The highest BCUT2D eigenvalue weighted by Crippen LogP contribution is 2.22. The highest BCUT2D eigenvalue weighted by atomic mass is 16.5. The molecule has 20 heavy (non-hydrogen) atoms. The zero-order valence-electron chi connectivity index (χ0n) is 13.4. The molecule has 0 radical (unpaired) electrons. The highest BCUT2D eigenvalue weighted by Gasteiger charge is 2.26. The number of nitrogens with one attached hydrogen (secondary N) is 1. The molecular weight excluding hydrogens is 252 g/mol. The van der Waals surface area contributed by atoms with Crippen LogP contribution in [0, 0.1) is 6.92 Å². The Hall–Kier alpha value is -1.39. The maximum absolute atomic E-state index is 12.5. The number of methoxy groups -OCH3 is 1. The van der Waals surface area contributed by atoms with Crippen molar-refractivity contribution in [1.29, 1.82) is 0 Å². The molecule has 0 aliphatic heterocycles. The average Bonchev–Trinajstić information content (AvgIpc) is 2.39. The molecule has 0 aromatic heterocycles. The Morgan fingerprint density at radius 3 is 2.45 bits per heavy atom. The lowest BCUT2D eigenvalue weighted by molar-refractivity contribution is -0.127. The van der Waals surface area contributed by atoms with Gasteiger partial charge in [-0.05, 0) is 46.0 Å². The lowest BCUT2D eigenvalue weighted by Crippen LogP contribution is -2.44. The van der Waals surface area contributed by atoms with E-state index in [9.17, 15) is 4.79 Å². The summed E-state index contributed by atoms with van der Waals surface area (Å²) in [7, 11) is 5.48. The van der Waals surface area contributed by atoms with Gasteiger partial charge in [-0.2, -0.15) is 0 Å². The van der Waals surface area contributed by atoms with Gasteiger partial charge in [-0.25, -0.2) is 0 Å². The summed E-state index contributed by atoms with van der Waals surface area (Å²) in [6.07, 6.45) is 0. The first-order valence-electron chi connectivity index (χ1n) is 6.83. The van der Waals surface area contributed by atoms with Crippen LogP contribution in [0.15, 0.2) is 24.3 Å². The summed E-state index contributed by atoms with van der Waals surface area (Å²) >= 11 is 0. The van der Waals surface area contributed by atoms with Crippen LogP contribution in [0.4, 0.5) is 0 Å². The number of hydrogen-bond acceptors (Lipinski definition) is 3. The number of aryl methyl sites for hydroxylation is 1. The van der Waals surface area contributed by atoms with Crippen molar-refractivity contribution < 1.29 is 9.53 Å². The Kier molecular flexibility index (Phi) is 5.72. The fourth-order valence-electron chi connectivity index (χ4n) is 2.02. The fraction of sp³-hybridized carbons (Fsp3) is 0.562. The lowest BCUT2D eigenvalue weighted by atomic mass is 9.99. The van der Waals surface area contributed by atoms with E-state index in [-0.39, 0.29) is 17.6 Å². The molecule has 1 aromatic rings. The molecule has 1 atom stereocenters. The van der Waals surface area contributed by atoms with E-state index in [2.05, 4.69) is 5.32 Å². The van der Waals surface area contributed by atoms with Gasteiger partial charge in [0.1, 0.15) is 6.04 Å². The molecule has 1 amide bonds. The van der Waals surface area contributed by atoms with Crippen LogP contribution in [0.2, 0.25) is 0 Å². The van der Waals surface area contributed by atoms with Crippen LogP contribution in [0.1, 0.15) is 31.0 Å². The van der Waals surface area contributed by atoms with E-state index in [0.29, 0.717) is 6.54 Å². The van der Waals surface area contributed by atoms with E-state index in [1.54, 1.807) is 7.11 Å². The Labute approximate surface area is 122 Å². The first kappa shape index (κ1) is 16.7. The second kappa shape index (κ2) is 6.86. The molecule has 1 N–H and O–H groups in total. The number of nitrogens with zero attached hydrogens (tertiary/aromatic N) is 1. The average molecular weight is 278 g/mol. The van der Waals surface area contributed by atoms with E-state index in [1.165, 1.54) is 0 Å². The Bertz CT molecular complexity index is 456. The third-order valence-corrected chi connectivity index (χ3v) is 3.49. The third-order valence-electron chi connectivity index (χ3n) is 3.49. The number of benzene rings is 1. The van der Waals surface area contributed by atoms with E-state index in [4.69, 9.17) is 4.74 Å². The SMILES string of the molecule is COC(C)(C)CNC(=O)[C@H](c1ccccc1C)N(C)C. The summed E-state index contributed by atoms with van der Waals surface area (Å²) in [5.41, 5.74) is 1.79. The third kappa shape index (κ3) is 4.32. The van der Waals surface area contributed by atoms with Gasteiger partial charge < -0.3 is 10.1 Å². The van der Waals surface area contributed by atoms with Gasteiger partial charge in [0.25, 0.3) is 0 Å². The Morgan fingerprint density at radius 2 is 1.95 bits per heavy atom. The first-order chi connectivity index (χ1) is 9.28. The molecule has 0 saturated heterocycles. The smallest absolute Gasteiger partial charge is 0.242 e. The van der Waals surface area contributed by atoms with Crippen molar-refractivity contribution >= 4 is 5.91 Å². The van der Waals surface area contributed by atoms with Gasteiger partial charge in [-0.1, -0.05) is 24.3 Å². The number of hydrogen-bond donors (Lipinski definition) is 1. The monoisotopic (exact) mass is 278 g/mol. The van der Waals surface area contributed by atoms with Gasteiger partial charge in [0.05, 0.1) is 5.60 Å². The summed E-state index contributed by atoms with van der Waals surface area (Å²) in [4.78, 5) is 14.4. The van der Waals surface area contributed by atoms with Crippen molar-refractivity contribution in [2.24, 2.45) is 0 Å². The summed E-state index contributed by atoms with van der Waals surface area (Å²) in [6.45, 7) is 6.41. The number of amides is 1. The molecule has 0 heterocycles. The van der Waals surface area contributed by atoms with Gasteiger partial charge in [0.2, 0.25) is 5.91 Å². The molecule has 0 aliphatic carbocycles. The van der Waals surface area contributed by atoms with Crippen molar-refractivity contribution in [1.82, 2.24) is 10.2 Å².